The third-order valence-corrected chi connectivity index (χ3v) is 3.07. The van der Waals surface area contributed by atoms with Crippen LogP contribution in [0, 0.1) is 13.8 Å². The van der Waals surface area contributed by atoms with E-state index in [4.69, 9.17) is 5.11 Å². The number of rotatable bonds is 6. The number of carboxylic acids is 1. The Labute approximate surface area is 124 Å². The first-order valence-corrected chi connectivity index (χ1v) is 6.80. The first-order chi connectivity index (χ1) is 10.0. The zero-order valence-electron chi connectivity index (χ0n) is 12.3. The van der Waals surface area contributed by atoms with Crippen LogP contribution in [0.1, 0.15) is 22.5 Å². The number of pyridine rings is 2. The summed E-state index contributed by atoms with van der Waals surface area (Å²) in [6, 6.07) is 7.79. The molecule has 2 rings (SSSR count). The molecule has 0 saturated carbocycles. The molecule has 2 heterocycles. The molecule has 0 aliphatic rings. The number of aliphatic carboxylic acids is 1. The van der Waals surface area contributed by atoms with Crippen LogP contribution in [0.4, 0.5) is 0 Å². The van der Waals surface area contributed by atoms with Gasteiger partial charge in [-0.25, -0.2) is 0 Å². The second-order valence-corrected chi connectivity index (χ2v) is 5.19. The van der Waals surface area contributed by atoms with Gasteiger partial charge in [0.25, 0.3) is 0 Å². The lowest BCUT2D eigenvalue weighted by molar-refractivity contribution is -0.138. The van der Waals surface area contributed by atoms with Crippen molar-refractivity contribution in [2.75, 3.05) is 6.54 Å². The molecule has 5 heteroatoms. The molecule has 110 valence electrons. The lowest BCUT2D eigenvalue weighted by Crippen LogP contribution is -2.29. The molecule has 0 radical (unpaired) electrons. The van der Waals surface area contributed by atoms with Gasteiger partial charge in [-0.1, -0.05) is 0 Å². The van der Waals surface area contributed by atoms with E-state index in [1.54, 1.807) is 12.4 Å². The molecule has 0 aromatic carbocycles. The second-order valence-electron chi connectivity index (χ2n) is 5.19. The summed E-state index contributed by atoms with van der Waals surface area (Å²) >= 11 is 0. The van der Waals surface area contributed by atoms with Gasteiger partial charge in [-0.2, -0.15) is 0 Å². The van der Waals surface area contributed by atoms with Gasteiger partial charge >= 0.3 is 5.97 Å². The number of aryl methyl sites for hydroxylation is 2. The average molecular weight is 285 g/mol. The van der Waals surface area contributed by atoms with Crippen LogP contribution in [0.3, 0.4) is 0 Å². The largest absolute Gasteiger partial charge is 0.480 e. The van der Waals surface area contributed by atoms with Crippen molar-refractivity contribution in [1.82, 2.24) is 14.9 Å². The molecular weight excluding hydrogens is 266 g/mol. The summed E-state index contributed by atoms with van der Waals surface area (Å²) < 4.78 is 0. The smallest absolute Gasteiger partial charge is 0.317 e. The van der Waals surface area contributed by atoms with Crippen molar-refractivity contribution in [2.45, 2.75) is 26.9 Å². The van der Waals surface area contributed by atoms with Gasteiger partial charge in [-0.15, -0.1) is 0 Å². The van der Waals surface area contributed by atoms with Gasteiger partial charge in [0.15, 0.2) is 0 Å². The Bertz CT molecular complexity index is 581. The van der Waals surface area contributed by atoms with Crippen LogP contribution in [-0.2, 0) is 17.9 Å². The molecule has 0 aliphatic heterocycles. The van der Waals surface area contributed by atoms with E-state index in [0.717, 1.165) is 22.5 Å². The van der Waals surface area contributed by atoms with Crippen LogP contribution in [0.25, 0.3) is 0 Å². The third-order valence-electron chi connectivity index (χ3n) is 3.07. The minimum atomic E-state index is -0.852. The van der Waals surface area contributed by atoms with E-state index in [1.165, 1.54) is 0 Å². The highest BCUT2D eigenvalue weighted by molar-refractivity contribution is 5.69. The van der Waals surface area contributed by atoms with Crippen LogP contribution < -0.4 is 0 Å². The highest BCUT2D eigenvalue weighted by Crippen LogP contribution is 2.09. The topological polar surface area (TPSA) is 66.3 Å². The third kappa shape index (κ3) is 4.96. The fourth-order valence-electron chi connectivity index (χ4n) is 2.19. The number of aromatic nitrogens is 2. The van der Waals surface area contributed by atoms with Crippen molar-refractivity contribution in [1.29, 1.82) is 0 Å². The Hall–Kier alpha value is -2.27. The predicted molar refractivity (Wildman–Crippen MR) is 79.7 cm³/mol. The number of carbonyl (C=O) groups is 1. The molecule has 0 fully saturated rings. The van der Waals surface area contributed by atoms with Crippen LogP contribution in [-0.4, -0.2) is 32.5 Å². The Morgan fingerprint density at radius 2 is 1.52 bits per heavy atom. The Morgan fingerprint density at radius 1 is 1.05 bits per heavy atom. The van der Waals surface area contributed by atoms with Gasteiger partial charge in [-0.05, 0) is 49.2 Å². The quantitative estimate of drug-likeness (QED) is 0.881. The normalized spacial score (nSPS) is 10.8. The molecule has 0 aliphatic carbocycles. The van der Waals surface area contributed by atoms with E-state index in [-0.39, 0.29) is 6.54 Å². The van der Waals surface area contributed by atoms with E-state index in [2.05, 4.69) is 9.97 Å². The zero-order valence-corrected chi connectivity index (χ0v) is 12.3. The van der Waals surface area contributed by atoms with Crippen molar-refractivity contribution in [3.05, 3.63) is 59.2 Å². The predicted octanol–water partition coefficient (Wildman–Crippen LogP) is 2.18. The van der Waals surface area contributed by atoms with Gasteiger partial charge in [0.2, 0.25) is 0 Å². The maximum absolute atomic E-state index is 11.0. The van der Waals surface area contributed by atoms with Crippen molar-refractivity contribution >= 4 is 5.97 Å². The van der Waals surface area contributed by atoms with E-state index >= 15 is 0 Å². The minimum absolute atomic E-state index is 0.0365. The molecule has 0 unspecified atom stereocenters. The fraction of sp³-hybridized carbons (Fsp3) is 0.312. The van der Waals surface area contributed by atoms with Crippen LogP contribution in [0.2, 0.25) is 0 Å². The zero-order chi connectivity index (χ0) is 15.2. The highest BCUT2D eigenvalue weighted by Gasteiger charge is 2.12. The van der Waals surface area contributed by atoms with Crippen molar-refractivity contribution in [2.24, 2.45) is 0 Å². The lowest BCUT2D eigenvalue weighted by Gasteiger charge is -2.19. The van der Waals surface area contributed by atoms with E-state index in [9.17, 15) is 4.79 Å². The molecule has 0 spiro atoms. The van der Waals surface area contributed by atoms with Gasteiger partial charge in [0.1, 0.15) is 0 Å². The summed E-state index contributed by atoms with van der Waals surface area (Å²) in [5.41, 5.74) is 3.96. The maximum Gasteiger partial charge on any atom is 0.317 e. The van der Waals surface area contributed by atoms with E-state index in [1.807, 2.05) is 43.0 Å². The number of nitrogens with zero attached hydrogens (tertiary/aromatic N) is 3. The Morgan fingerprint density at radius 3 is 1.90 bits per heavy atom. The Balaban J connectivity index is 2.12. The first-order valence-electron chi connectivity index (χ1n) is 6.80. The molecular formula is C16H19N3O2. The highest BCUT2D eigenvalue weighted by atomic mass is 16.4. The van der Waals surface area contributed by atoms with Gasteiger partial charge in [0.05, 0.1) is 17.9 Å². The monoisotopic (exact) mass is 285 g/mol. The van der Waals surface area contributed by atoms with E-state index in [0.29, 0.717) is 13.1 Å². The minimum Gasteiger partial charge on any atom is -0.480 e. The van der Waals surface area contributed by atoms with Crippen molar-refractivity contribution < 1.29 is 9.90 Å². The molecule has 0 amide bonds. The summed E-state index contributed by atoms with van der Waals surface area (Å²) in [7, 11) is 0. The molecule has 2 aromatic heterocycles. The van der Waals surface area contributed by atoms with Crippen LogP contribution in [0.5, 0.6) is 0 Å². The molecule has 0 atom stereocenters. The maximum atomic E-state index is 11.0. The molecule has 1 N–H and O–H groups in total. The van der Waals surface area contributed by atoms with Crippen molar-refractivity contribution in [3.63, 3.8) is 0 Å². The molecule has 5 nitrogen and oxygen atoms in total. The van der Waals surface area contributed by atoms with Crippen LogP contribution in [0.15, 0.2) is 36.7 Å². The van der Waals surface area contributed by atoms with Gasteiger partial charge < -0.3 is 5.11 Å². The molecule has 0 saturated heterocycles. The number of hydrogen-bond donors (Lipinski definition) is 1. The summed E-state index contributed by atoms with van der Waals surface area (Å²) in [6.07, 6.45) is 3.49. The number of hydrogen-bond acceptors (Lipinski definition) is 4. The van der Waals surface area contributed by atoms with Crippen LogP contribution >= 0.6 is 0 Å². The molecule has 0 bridgehead atoms. The molecule has 2 aromatic rings. The van der Waals surface area contributed by atoms with Crippen molar-refractivity contribution in [3.8, 4) is 0 Å². The summed E-state index contributed by atoms with van der Waals surface area (Å²) in [5.74, 6) is -0.852. The second kappa shape index (κ2) is 6.95. The average Bonchev–Trinajstić information content (AvgIpc) is 2.37. The SMILES string of the molecule is Cc1ccnc(CN(CC(=O)O)Cc2cc(C)ccn2)c1. The first kappa shape index (κ1) is 15.1. The lowest BCUT2D eigenvalue weighted by atomic mass is 10.2. The number of carboxylic acid groups (broad SMARTS) is 1. The fourth-order valence-corrected chi connectivity index (χ4v) is 2.19. The van der Waals surface area contributed by atoms with Gasteiger partial charge in [0, 0.05) is 25.5 Å². The summed E-state index contributed by atoms with van der Waals surface area (Å²) in [4.78, 5) is 21.4. The van der Waals surface area contributed by atoms with E-state index < -0.39 is 5.97 Å². The summed E-state index contributed by atoms with van der Waals surface area (Å²) in [5, 5.41) is 9.07. The Kier molecular flexibility index (Phi) is 5.00. The standard InChI is InChI=1S/C16H19N3O2/c1-12-3-5-17-14(7-12)9-19(11-16(20)21)10-15-8-13(2)4-6-18-15/h3-8H,9-11H2,1-2H3,(H,20,21). The summed E-state index contributed by atoms with van der Waals surface area (Å²) in [6.45, 7) is 4.93. The van der Waals surface area contributed by atoms with Gasteiger partial charge in [-0.3, -0.25) is 19.7 Å². The molecule has 21 heavy (non-hydrogen) atoms.